The van der Waals surface area contributed by atoms with E-state index in [4.69, 9.17) is 0 Å². The Morgan fingerprint density at radius 1 is 0.950 bits per heavy atom. The Morgan fingerprint density at radius 3 is 2.30 bits per heavy atom. The highest BCUT2D eigenvalue weighted by molar-refractivity contribution is 4.84. The van der Waals surface area contributed by atoms with E-state index in [1.54, 1.807) is 0 Å². The van der Waals surface area contributed by atoms with Gasteiger partial charge in [0.1, 0.15) is 0 Å². The van der Waals surface area contributed by atoms with Crippen LogP contribution >= 0.6 is 0 Å². The Morgan fingerprint density at radius 2 is 1.65 bits per heavy atom. The van der Waals surface area contributed by atoms with Crippen molar-refractivity contribution in [3.05, 3.63) is 0 Å². The third-order valence-corrected chi connectivity index (χ3v) is 5.70. The molecule has 0 aromatic rings. The predicted octanol–water partition coefficient (Wildman–Crippen LogP) is 3.91. The van der Waals surface area contributed by atoms with E-state index < -0.39 is 0 Å². The highest BCUT2D eigenvalue weighted by Crippen LogP contribution is 2.29. The maximum atomic E-state index is 3.78. The van der Waals surface area contributed by atoms with Crippen LogP contribution < -0.4 is 5.32 Å². The molecule has 0 aromatic carbocycles. The fourth-order valence-electron chi connectivity index (χ4n) is 4.31. The molecule has 2 rings (SSSR count). The Balaban J connectivity index is 1.83. The van der Waals surface area contributed by atoms with Gasteiger partial charge in [-0.1, -0.05) is 33.6 Å². The zero-order valence-corrected chi connectivity index (χ0v) is 14.0. The second kappa shape index (κ2) is 8.38. The SMILES string of the molecule is CCNC(CN1CCCC(C(C)C)CC1)C1CCCC1. The first kappa shape index (κ1) is 16.3. The molecular formula is C18H36N2. The van der Waals surface area contributed by atoms with E-state index in [2.05, 4.69) is 31.0 Å². The largest absolute Gasteiger partial charge is 0.313 e. The summed E-state index contributed by atoms with van der Waals surface area (Å²) in [7, 11) is 0. The molecular weight excluding hydrogens is 244 g/mol. The Bertz CT molecular complexity index is 258. The third kappa shape index (κ3) is 4.73. The summed E-state index contributed by atoms with van der Waals surface area (Å²) >= 11 is 0. The summed E-state index contributed by atoms with van der Waals surface area (Å²) in [6, 6.07) is 0.748. The maximum absolute atomic E-state index is 3.78. The van der Waals surface area contributed by atoms with E-state index in [-0.39, 0.29) is 0 Å². The second-order valence-corrected chi connectivity index (χ2v) is 7.44. The third-order valence-electron chi connectivity index (χ3n) is 5.70. The second-order valence-electron chi connectivity index (χ2n) is 7.44. The topological polar surface area (TPSA) is 15.3 Å². The molecule has 1 saturated carbocycles. The van der Waals surface area contributed by atoms with Gasteiger partial charge in [-0.05, 0) is 69.5 Å². The summed E-state index contributed by atoms with van der Waals surface area (Å²) in [5.41, 5.74) is 0. The van der Waals surface area contributed by atoms with Crippen LogP contribution in [0.25, 0.3) is 0 Å². The van der Waals surface area contributed by atoms with Crippen LogP contribution in [0.4, 0.5) is 0 Å². The lowest BCUT2D eigenvalue weighted by molar-refractivity contribution is 0.210. The molecule has 1 heterocycles. The average Bonchev–Trinajstić information content (AvgIpc) is 2.85. The van der Waals surface area contributed by atoms with Gasteiger partial charge in [-0.3, -0.25) is 0 Å². The highest BCUT2D eigenvalue weighted by atomic mass is 15.1. The molecule has 1 aliphatic heterocycles. The number of hydrogen-bond acceptors (Lipinski definition) is 2. The van der Waals surface area contributed by atoms with E-state index >= 15 is 0 Å². The number of nitrogens with zero attached hydrogens (tertiary/aromatic N) is 1. The lowest BCUT2D eigenvalue weighted by Gasteiger charge is -2.31. The fourth-order valence-corrected chi connectivity index (χ4v) is 4.31. The van der Waals surface area contributed by atoms with Crippen molar-refractivity contribution in [3.63, 3.8) is 0 Å². The first-order valence-corrected chi connectivity index (χ1v) is 9.16. The number of likely N-dealkylation sites (N-methyl/N-ethyl adjacent to an activating group) is 1. The predicted molar refractivity (Wildman–Crippen MR) is 88.0 cm³/mol. The van der Waals surface area contributed by atoms with Crippen molar-refractivity contribution in [1.82, 2.24) is 10.2 Å². The van der Waals surface area contributed by atoms with Crippen molar-refractivity contribution in [2.24, 2.45) is 17.8 Å². The molecule has 0 bridgehead atoms. The van der Waals surface area contributed by atoms with Gasteiger partial charge in [-0.25, -0.2) is 0 Å². The number of hydrogen-bond donors (Lipinski definition) is 1. The fraction of sp³-hybridized carbons (Fsp3) is 1.00. The Labute approximate surface area is 126 Å². The van der Waals surface area contributed by atoms with E-state index in [1.165, 1.54) is 64.6 Å². The van der Waals surface area contributed by atoms with Gasteiger partial charge in [0.25, 0.3) is 0 Å². The van der Waals surface area contributed by atoms with Crippen molar-refractivity contribution in [1.29, 1.82) is 0 Å². The summed E-state index contributed by atoms with van der Waals surface area (Å²) < 4.78 is 0. The molecule has 2 aliphatic rings. The maximum Gasteiger partial charge on any atom is 0.0223 e. The van der Waals surface area contributed by atoms with E-state index in [0.717, 1.165) is 30.3 Å². The lowest BCUT2D eigenvalue weighted by Crippen LogP contribution is -2.45. The van der Waals surface area contributed by atoms with E-state index in [0.29, 0.717) is 0 Å². The monoisotopic (exact) mass is 280 g/mol. The Kier molecular flexibility index (Phi) is 6.83. The van der Waals surface area contributed by atoms with Gasteiger partial charge >= 0.3 is 0 Å². The zero-order valence-electron chi connectivity index (χ0n) is 14.0. The summed E-state index contributed by atoms with van der Waals surface area (Å²) in [4.78, 5) is 2.76. The molecule has 0 aromatic heterocycles. The number of nitrogens with one attached hydrogen (secondary N) is 1. The number of rotatable bonds is 6. The highest BCUT2D eigenvalue weighted by Gasteiger charge is 2.27. The minimum Gasteiger partial charge on any atom is -0.313 e. The van der Waals surface area contributed by atoms with Crippen molar-refractivity contribution in [2.75, 3.05) is 26.2 Å². The van der Waals surface area contributed by atoms with Crippen molar-refractivity contribution in [2.45, 2.75) is 71.8 Å². The summed E-state index contributed by atoms with van der Waals surface area (Å²) in [5, 5.41) is 3.78. The first-order valence-electron chi connectivity index (χ1n) is 9.16. The molecule has 0 radical (unpaired) electrons. The standard InChI is InChI=1S/C18H36N2/c1-4-19-18(17-8-5-6-9-17)14-20-12-7-10-16(11-13-20)15(2)3/h15-19H,4-14H2,1-3H3. The zero-order chi connectivity index (χ0) is 14.4. The molecule has 0 spiro atoms. The molecule has 2 heteroatoms. The van der Waals surface area contributed by atoms with Crippen LogP contribution in [-0.4, -0.2) is 37.1 Å². The summed E-state index contributed by atoms with van der Waals surface area (Å²) in [6.45, 7) is 12.2. The molecule has 1 N–H and O–H groups in total. The molecule has 1 aliphatic carbocycles. The number of likely N-dealkylation sites (tertiary alicyclic amines) is 1. The average molecular weight is 281 g/mol. The van der Waals surface area contributed by atoms with Gasteiger partial charge in [0, 0.05) is 12.6 Å². The molecule has 118 valence electrons. The molecule has 2 nitrogen and oxygen atoms in total. The summed E-state index contributed by atoms with van der Waals surface area (Å²) in [5.74, 6) is 2.78. The molecule has 20 heavy (non-hydrogen) atoms. The summed E-state index contributed by atoms with van der Waals surface area (Å²) in [6.07, 6.45) is 10.1. The van der Waals surface area contributed by atoms with Gasteiger partial charge in [0.15, 0.2) is 0 Å². The van der Waals surface area contributed by atoms with E-state index in [1.807, 2.05) is 0 Å². The van der Waals surface area contributed by atoms with Gasteiger partial charge in [-0.2, -0.15) is 0 Å². The Hall–Kier alpha value is -0.0800. The van der Waals surface area contributed by atoms with Gasteiger partial charge < -0.3 is 10.2 Å². The molecule has 1 saturated heterocycles. The van der Waals surface area contributed by atoms with Crippen molar-refractivity contribution >= 4 is 0 Å². The van der Waals surface area contributed by atoms with Crippen molar-refractivity contribution < 1.29 is 0 Å². The quantitative estimate of drug-likeness (QED) is 0.793. The molecule has 2 atom stereocenters. The van der Waals surface area contributed by atoms with Crippen LogP contribution in [-0.2, 0) is 0 Å². The minimum absolute atomic E-state index is 0.748. The van der Waals surface area contributed by atoms with Gasteiger partial charge in [0.05, 0.1) is 0 Å². The van der Waals surface area contributed by atoms with Crippen LogP contribution in [0, 0.1) is 17.8 Å². The van der Waals surface area contributed by atoms with Crippen LogP contribution in [0.2, 0.25) is 0 Å². The molecule has 0 amide bonds. The van der Waals surface area contributed by atoms with Crippen LogP contribution in [0.3, 0.4) is 0 Å². The lowest BCUT2D eigenvalue weighted by atomic mass is 9.89. The minimum atomic E-state index is 0.748. The van der Waals surface area contributed by atoms with Gasteiger partial charge in [-0.15, -0.1) is 0 Å². The molecule has 2 fully saturated rings. The molecule has 2 unspecified atom stereocenters. The van der Waals surface area contributed by atoms with Crippen molar-refractivity contribution in [3.8, 4) is 0 Å². The van der Waals surface area contributed by atoms with Crippen LogP contribution in [0.1, 0.15) is 65.7 Å². The normalized spacial score (nSPS) is 27.9. The van der Waals surface area contributed by atoms with Gasteiger partial charge in [0.2, 0.25) is 0 Å². The van der Waals surface area contributed by atoms with Crippen LogP contribution in [0.15, 0.2) is 0 Å². The first-order chi connectivity index (χ1) is 9.70. The smallest absolute Gasteiger partial charge is 0.0223 e. The van der Waals surface area contributed by atoms with Crippen LogP contribution in [0.5, 0.6) is 0 Å². The van der Waals surface area contributed by atoms with E-state index in [9.17, 15) is 0 Å².